The molecule has 0 radical (unpaired) electrons. The van der Waals surface area contributed by atoms with Crippen molar-refractivity contribution in [2.24, 2.45) is 0 Å². The lowest BCUT2D eigenvalue weighted by atomic mass is 10.0. The zero-order valence-corrected chi connectivity index (χ0v) is 14.5. The van der Waals surface area contributed by atoms with E-state index in [-0.39, 0.29) is 12.9 Å². The molecule has 24 heavy (non-hydrogen) atoms. The number of carbonyl (C=O) groups is 2. The molecule has 7 nitrogen and oxygen atoms in total. The van der Waals surface area contributed by atoms with Gasteiger partial charge in [0, 0.05) is 0 Å². The Morgan fingerprint density at radius 1 is 0.875 bits per heavy atom. The Balaban J connectivity index is 3.72. The van der Waals surface area contributed by atoms with Gasteiger partial charge in [-0.25, -0.2) is 4.79 Å². The van der Waals surface area contributed by atoms with Gasteiger partial charge in [-0.2, -0.15) is 0 Å². The second kappa shape index (κ2) is 14.3. The molecule has 142 valence electrons. The van der Waals surface area contributed by atoms with Gasteiger partial charge < -0.3 is 30.0 Å². The van der Waals surface area contributed by atoms with Gasteiger partial charge >= 0.3 is 5.97 Å². The van der Waals surface area contributed by atoms with Crippen LogP contribution in [0.25, 0.3) is 0 Å². The van der Waals surface area contributed by atoms with Crippen molar-refractivity contribution < 1.29 is 34.8 Å². The van der Waals surface area contributed by atoms with Crippen molar-refractivity contribution >= 4 is 12.3 Å². The SMILES string of the molecule is CCCCCCCCCCCOC(=O)[C@@H](O)[C@H](O)[C@H](O)[C@@H](O)C=O. The number of carbonyl (C=O) groups excluding carboxylic acids is 2. The number of aliphatic hydroxyl groups is 4. The van der Waals surface area contributed by atoms with Crippen molar-refractivity contribution in [3.8, 4) is 0 Å². The van der Waals surface area contributed by atoms with Crippen molar-refractivity contribution in [2.75, 3.05) is 6.61 Å². The van der Waals surface area contributed by atoms with Crippen LogP contribution in [0.2, 0.25) is 0 Å². The van der Waals surface area contributed by atoms with Crippen LogP contribution >= 0.6 is 0 Å². The highest BCUT2D eigenvalue weighted by Crippen LogP contribution is 2.10. The molecule has 0 bridgehead atoms. The number of aliphatic hydroxyl groups excluding tert-OH is 4. The normalized spacial score (nSPS) is 16.2. The van der Waals surface area contributed by atoms with Gasteiger partial charge in [-0.3, -0.25) is 0 Å². The van der Waals surface area contributed by atoms with E-state index < -0.39 is 30.4 Å². The summed E-state index contributed by atoms with van der Waals surface area (Å²) >= 11 is 0. The summed E-state index contributed by atoms with van der Waals surface area (Å²) in [7, 11) is 0. The quantitative estimate of drug-likeness (QED) is 0.195. The van der Waals surface area contributed by atoms with Crippen LogP contribution in [-0.2, 0) is 14.3 Å². The van der Waals surface area contributed by atoms with Gasteiger partial charge in [-0.15, -0.1) is 0 Å². The molecular formula is C17H32O7. The first kappa shape index (κ1) is 23.0. The van der Waals surface area contributed by atoms with E-state index in [1.165, 1.54) is 32.1 Å². The fraction of sp³-hybridized carbons (Fsp3) is 0.882. The highest BCUT2D eigenvalue weighted by Gasteiger charge is 2.35. The average molecular weight is 348 g/mol. The van der Waals surface area contributed by atoms with Crippen molar-refractivity contribution in [2.45, 2.75) is 89.1 Å². The lowest BCUT2D eigenvalue weighted by Gasteiger charge is -2.22. The van der Waals surface area contributed by atoms with Crippen molar-refractivity contribution in [3.63, 3.8) is 0 Å². The van der Waals surface area contributed by atoms with E-state index in [0.29, 0.717) is 6.42 Å². The Morgan fingerprint density at radius 3 is 1.88 bits per heavy atom. The molecule has 0 aromatic carbocycles. The largest absolute Gasteiger partial charge is 0.464 e. The average Bonchev–Trinajstić information content (AvgIpc) is 2.60. The summed E-state index contributed by atoms with van der Waals surface area (Å²) in [6, 6.07) is 0. The van der Waals surface area contributed by atoms with Gasteiger partial charge in [-0.1, -0.05) is 58.3 Å². The Morgan fingerprint density at radius 2 is 1.38 bits per heavy atom. The lowest BCUT2D eigenvalue weighted by molar-refractivity contribution is -0.169. The minimum Gasteiger partial charge on any atom is -0.464 e. The predicted molar refractivity (Wildman–Crippen MR) is 88.3 cm³/mol. The molecule has 0 aromatic heterocycles. The molecule has 0 heterocycles. The van der Waals surface area contributed by atoms with Crippen LogP contribution in [-0.4, -0.2) is 63.7 Å². The van der Waals surface area contributed by atoms with Crippen LogP contribution in [0.1, 0.15) is 64.7 Å². The first-order chi connectivity index (χ1) is 11.5. The molecular weight excluding hydrogens is 316 g/mol. The number of aldehydes is 1. The first-order valence-corrected chi connectivity index (χ1v) is 8.79. The highest BCUT2D eigenvalue weighted by atomic mass is 16.5. The highest BCUT2D eigenvalue weighted by molar-refractivity contribution is 5.75. The minimum atomic E-state index is -2.01. The molecule has 0 aliphatic heterocycles. The summed E-state index contributed by atoms with van der Waals surface area (Å²) in [6.07, 6.45) is 2.21. The third-order valence-corrected chi connectivity index (χ3v) is 3.90. The fourth-order valence-corrected chi connectivity index (χ4v) is 2.28. The predicted octanol–water partition coefficient (Wildman–Crippen LogP) is 0.703. The molecule has 0 aliphatic rings. The van der Waals surface area contributed by atoms with Crippen molar-refractivity contribution in [1.82, 2.24) is 0 Å². The maximum Gasteiger partial charge on any atom is 0.337 e. The monoisotopic (exact) mass is 348 g/mol. The number of hydrogen-bond acceptors (Lipinski definition) is 7. The Hall–Kier alpha value is -1.02. The summed E-state index contributed by atoms with van der Waals surface area (Å²) in [5.41, 5.74) is 0. The van der Waals surface area contributed by atoms with E-state index >= 15 is 0 Å². The molecule has 0 rings (SSSR count). The van der Waals surface area contributed by atoms with Gasteiger partial charge in [0.15, 0.2) is 12.4 Å². The molecule has 0 fully saturated rings. The van der Waals surface area contributed by atoms with Crippen LogP contribution in [0.5, 0.6) is 0 Å². The summed E-state index contributed by atoms with van der Waals surface area (Å²) in [6.45, 7) is 2.30. The van der Waals surface area contributed by atoms with Crippen molar-refractivity contribution in [1.29, 1.82) is 0 Å². The minimum absolute atomic E-state index is 0.00813. The molecule has 4 atom stereocenters. The lowest BCUT2D eigenvalue weighted by Crippen LogP contribution is -2.48. The van der Waals surface area contributed by atoms with Gasteiger partial charge in [0.05, 0.1) is 6.61 Å². The van der Waals surface area contributed by atoms with E-state index in [0.717, 1.165) is 19.3 Å². The first-order valence-electron chi connectivity index (χ1n) is 8.79. The van der Waals surface area contributed by atoms with E-state index in [1.54, 1.807) is 0 Å². The van der Waals surface area contributed by atoms with Gasteiger partial charge in [0.25, 0.3) is 0 Å². The van der Waals surface area contributed by atoms with Crippen LogP contribution in [0.15, 0.2) is 0 Å². The second-order valence-corrected chi connectivity index (χ2v) is 6.05. The Kier molecular flexibility index (Phi) is 13.7. The summed E-state index contributed by atoms with van der Waals surface area (Å²) in [5, 5.41) is 37.4. The van der Waals surface area contributed by atoms with Gasteiger partial charge in [-0.05, 0) is 6.42 Å². The molecule has 4 N–H and O–H groups in total. The smallest absolute Gasteiger partial charge is 0.337 e. The molecule has 0 aromatic rings. The van der Waals surface area contributed by atoms with Crippen molar-refractivity contribution in [3.05, 3.63) is 0 Å². The van der Waals surface area contributed by atoms with E-state index in [2.05, 4.69) is 6.92 Å². The number of esters is 1. The third kappa shape index (κ3) is 9.97. The maximum absolute atomic E-state index is 11.5. The topological polar surface area (TPSA) is 124 Å². The molecule has 0 amide bonds. The maximum atomic E-state index is 11.5. The zero-order valence-electron chi connectivity index (χ0n) is 14.5. The van der Waals surface area contributed by atoms with Crippen LogP contribution in [0.4, 0.5) is 0 Å². The van der Waals surface area contributed by atoms with Crippen LogP contribution in [0, 0.1) is 0 Å². The number of hydrogen-bond donors (Lipinski definition) is 4. The van der Waals surface area contributed by atoms with Crippen LogP contribution < -0.4 is 0 Å². The molecule has 0 aliphatic carbocycles. The van der Waals surface area contributed by atoms with E-state index in [4.69, 9.17) is 9.84 Å². The van der Waals surface area contributed by atoms with Crippen LogP contribution in [0.3, 0.4) is 0 Å². The summed E-state index contributed by atoms with van der Waals surface area (Å²) < 4.78 is 4.82. The fourth-order valence-electron chi connectivity index (χ4n) is 2.28. The van der Waals surface area contributed by atoms with Gasteiger partial charge in [0.1, 0.15) is 18.3 Å². The van der Waals surface area contributed by atoms with E-state index in [1.807, 2.05) is 0 Å². The summed E-state index contributed by atoms with van der Waals surface area (Å²) in [4.78, 5) is 21.8. The molecule has 0 saturated heterocycles. The molecule has 0 spiro atoms. The second-order valence-electron chi connectivity index (χ2n) is 6.05. The number of rotatable bonds is 15. The molecule has 7 heteroatoms. The molecule has 0 saturated carbocycles. The number of unbranched alkanes of at least 4 members (excludes halogenated alkanes) is 8. The zero-order chi connectivity index (χ0) is 18.4. The van der Waals surface area contributed by atoms with E-state index in [9.17, 15) is 24.9 Å². The standard InChI is InChI=1S/C17H32O7/c1-2-3-4-5-6-7-8-9-10-11-24-17(23)16(22)15(21)14(20)13(19)12-18/h12-16,19-22H,2-11H2,1H3/t13-,14+,15+,16-/m0/s1. The third-order valence-electron chi connectivity index (χ3n) is 3.90. The Labute approximate surface area is 143 Å². The number of ether oxygens (including phenoxy) is 1. The van der Waals surface area contributed by atoms with Gasteiger partial charge in [0.2, 0.25) is 0 Å². The molecule has 0 unspecified atom stereocenters. The summed E-state index contributed by atoms with van der Waals surface area (Å²) in [5.74, 6) is -1.08. The Bertz CT molecular complexity index is 335.